The van der Waals surface area contributed by atoms with E-state index >= 15 is 4.39 Å². The third-order valence-electron chi connectivity index (χ3n) is 9.26. The molecule has 1 fully saturated rings. The van der Waals surface area contributed by atoms with Crippen LogP contribution >= 0.6 is 0 Å². The van der Waals surface area contributed by atoms with Crippen molar-refractivity contribution in [2.75, 3.05) is 20.6 Å². The van der Waals surface area contributed by atoms with Gasteiger partial charge in [-0.2, -0.15) is 0 Å². The zero-order valence-electron chi connectivity index (χ0n) is 22.4. The fraction of sp³-hybridized carbons (Fsp3) is 0.536. The van der Waals surface area contributed by atoms with Gasteiger partial charge in [-0.05, 0) is 52.6 Å². The van der Waals surface area contributed by atoms with Crippen LogP contribution in [0.5, 0.6) is 5.75 Å². The van der Waals surface area contributed by atoms with E-state index in [1.807, 2.05) is 6.92 Å². The molecule has 0 aromatic heterocycles. The highest BCUT2D eigenvalue weighted by atomic mass is 19.1. The number of rotatable bonds is 4. The molecule has 4 aliphatic rings. The predicted molar refractivity (Wildman–Crippen MR) is 138 cm³/mol. The van der Waals surface area contributed by atoms with Crippen LogP contribution in [0.25, 0.3) is 5.76 Å². The van der Waals surface area contributed by atoms with Crippen LogP contribution < -0.4 is 5.73 Å². The quantitative estimate of drug-likeness (QED) is 0.352. The van der Waals surface area contributed by atoms with Crippen molar-refractivity contribution in [3.8, 4) is 5.75 Å². The van der Waals surface area contributed by atoms with Crippen molar-refractivity contribution in [2.24, 2.45) is 17.6 Å². The number of nitrogens with two attached hydrogens (primary N) is 1. The summed E-state index contributed by atoms with van der Waals surface area (Å²) in [6.07, 6.45) is 1.08. The molecule has 10 nitrogen and oxygen atoms in total. The SMILES string of the molecule is CC[C@H](C)N1CCc2c(O)c3c(c(F)c2C1)C[C@H]1C[C@H]2[C@H](N(C)C)C(=O)C(C(N)=O)=C(O)[C@@]2(O)C(=O)C1=C3O. The summed E-state index contributed by atoms with van der Waals surface area (Å²) in [7, 11) is 3.06. The van der Waals surface area contributed by atoms with E-state index in [9.17, 15) is 34.8 Å². The first-order valence-corrected chi connectivity index (χ1v) is 13.2. The van der Waals surface area contributed by atoms with Gasteiger partial charge in [-0.15, -0.1) is 0 Å². The maximum Gasteiger partial charge on any atom is 0.255 e. The number of fused-ring (bicyclic) bond motifs is 4. The lowest BCUT2D eigenvalue weighted by molar-refractivity contribution is -0.153. The minimum atomic E-state index is -2.72. The standard InChI is InChI=1S/C28H34FN3O7/c1-5-11(2)32-7-6-13-15(10-32)20(29)14-8-12-9-16-21(31(3)4)24(35)19(27(30)38)26(37)28(16,39)25(36)17(12)23(34)18(14)22(13)33/h11-12,16,21,33-34,37,39H,5-10H2,1-4H3,(H2,30,38)/t11-,12-,16-,21-,28-/m0/s1. The summed E-state index contributed by atoms with van der Waals surface area (Å²) in [6, 6.07) is -0.976. The van der Waals surface area contributed by atoms with Gasteiger partial charge in [0.25, 0.3) is 5.91 Å². The number of ketones is 2. The summed E-state index contributed by atoms with van der Waals surface area (Å²) in [6.45, 7) is 4.98. The monoisotopic (exact) mass is 543 g/mol. The summed E-state index contributed by atoms with van der Waals surface area (Å²) in [5.74, 6) is -7.92. The molecule has 3 aliphatic carbocycles. The number of amides is 1. The minimum absolute atomic E-state index is 0.0649. The van der Waals surface area contributed by atoms with Gasteiger partial charge in [0.1, 0.15) is 28.7 Å². The zero-order valence-corrected chi connectivity index (χ0v) is 22.4. The Labute approximate surface area is 225 Å². The van der Waals surface area contributed by atoms with Gasteiger partial charge in [0.05, 0.1) is 11.6 Å². The summed E-state index contributed by atoms with van der Waals surface area (Å²) >= 11 is 0. The number of aliphatic hydroxyl groups is 3. The molecular weight excluding hydrogens is 509 g/mol. The third kappa shape index (κ3) is 3.59. The largest absolute Gasteiger partial charge is 0.508 e. The van der Waals surface area contributed by atoms with Crippen LogP contribution in [0.15, 0.2) is 16.9 Å². The van der Waals surface area contributed by atoms with Crippen LogP contribution in [0.1, 0.15) is 48.9 Å². The number of Topliss-reactive ketones (excluding diaryl/α,β-unsaturated/α-hetero) is 2. The number of likely N-dealkylation sites (N-methyl/N-ethyl adjacent to an activating group) is 1. The molecule has 11 heteroatoms. The molecular formula is C28H34FN3O7. The summed E-state index contributed by atoms with van der Waals surface area (Å²) < 4.78 is 16.1. The third-order valence-corrected chi connectivity index (χ3v) is 9.26. The van der Waals surface area contributed by atoms with Crippen LogP contribution in [0.4, 0.5) is 4.39 Å². The summed E-state index contributed by atoms with van der Waals surface area (Å²) in [4.78, 5) is 42.7. The van der Waals surface area contributed by atoms with Crippen molar-refractivity contribution in [1.82, 2.24) is 9.80 Å². The van der Waals surface area contributed by atoms with Crippen LogP contribution in [-0.4, -0.2) is 86.0 Å². The fourth-order valence-electron chi connectivity index (χ4n) is 7.05. The maximum absolute atomic E-state index is 16.1. The maximum atomic E-state index is 16.1. The molecule has 6 N–H and O–H groups in total. The summed E-state index contributed by atoms with van der Waals surface area (Å²) in [5.41, 5.74) is 2.07. The number of aromatic hydroxyl groups is 1. The molecule has 0 unspecified atom stereocenters. The van der Waals surface area contributed by atoms with Crippen molar-refractivity contribution in [3.05, 3.63) is 45.0 Å². The number of carbonyl (C=O) groups is 3. The van der Waals surface area contributed by atoms with Crippen molar-refractivity contribution >= 4 is 23.2 Å². The van der Waals surface area contributed by atoms with E-state index in [4.69, 9.17) is 5.73 Å². The van der Waals surface area contributed by atoms with Gasteiger partial charge < -0.3 is 26.2 Å². The fourth-order valence-corrected chi connectivity index (χ4v) is 7.05. The lowest BCUT2D eigenvalue weighted by Crippen LogP contribution is -2.65. The molecule has 0 radical (unpaired) electrons. The smallest absolute Gasteiger partial charge is 0.255 e. The predicted octanol–water partition coefficient (Wildman–Crippen LogP) is 1.26. The number of primary amides is 1. The molecule has 210 valence electrons. The van der Waals surface area contributed by atoms with E-state index in [0.29, 0.717) is 30.6 Å². The van der Waals surface area contributed by atoms with Gasteiger partial charge in [-0.25, -0.2) is 4.39 Å². The van der Waals surface area contributed by atoms with Crippen LogP contribution in [0, 0.1) is 17.7 Å². The number of halogens is 1. The number of phenols is 1. The number of hydrogen-bond donors (Lipinski definition) is 5. The van der Waals surface area contributed by atoms with E-state index in [0.717, 1.165) is 6.42 Å². The van der Waals surface area contributed by atoms with Gasteiger partial charge in [-0.1, -0.05) is 6.92 Å². The van der Waals surface area contributed by atoms with Crippen molar-refractivity contribution in [3.63, 3.8) is 0 Å². The highest BCUT2D eigenvalue weighted by molar-refractivity contribution is 6.24. The Morgan fingerprint density at radius 3 is 2.46 bits per heavy atom. The molecule has 1 aromatic carbocycles. The van der Waals surface area contributed by atoms with Crippen LogP contribution in [-0.2, 0) is 33.8 Å². The highest BCUT2D eigenvalue weighted by Gasteiger charge is 2.64. The van der Waals surface area contributed by atoms with Crippen molar-refractivity contribution in [2.45, 2.75) is 63.8 Å². The number of hydrogen-bond acceptors (Lipinski definition) is 9. The highest BCUT2D eigenvalue weighted by Crippen LogP contribution is 2.53. The molecule has 1 aromatic rings. The normalized spacial score (nSPS) is 29.7. The molecule has 1 heterocycles. The lowest BCUT2D eigenvalue weighted by Gasteiger charge is -2.50. The molecule has 0 bridgehead atoms. The molecule has 5 rings (SSSR count). The number of aliphatic hydroxyl groups excluding tert-OH is 2. The van der Waals surface area contributed by atoms with E-state index in [1.165, 1.54) is 19.0 Å². The topological polar surface area (TPSA) is 165 Å². The second-order valence-electron chi connectivity index (χ2n) is 11.4. The van der Waals surface area contributed by atoms with Gasteiger partial charge in [-0.3, -0.25) is 24.2 Å². The molecule has 1 amide bonds. The van der Waals surface area contributed by atoms with Gasteiger partial charge in [0.2, 0.25) is 5.78 Å². The molecule has 5 atom stereocenters. The first-order valence-electron chi connectivity index (χ1n) is 13.2. The van der Waals surface area contributed by atoms with Gasteiger partial charge in [0.15, 0.2) is 11.4 Å². The Bertz CT molecular complexity index is 1380. The second kappa shape index (κ2) is 9.14. The van der Waals surface area contributed by atoms with E-state index < -0.39 is 63.9 Å². The van der Waals surface area contributed by atoms with Crippen molar-refractivity contribution < 1.29 is 39.2 Å². The van der Waals surface area contributed by atoms with Gasteiger partial charge in [0, 0.05) is 47.3 Å². The number of phenolic OH excluding ortho intramolecular Hbond substituents is 1. The summed E-state index contributed by atoms with van der Waals surface area (Å²) in [5, 5.41) is 45.2. The first-order chi connectivity index (χ1) is 18.3. The van der Waals surface area contributed by atoms with Gasteiger partial charge >= 0.3 is 0 Å². The molecule has 0 spiro atoms. The average Bonchev–Trinajstić information content (AvgIpc) is 2.88. The van der Waals surface area contributed by atoms with E-state index in [2.05, 4.69) is 11.8 Å². The van der Waals surface area contributed by atoms with Crippen LogP contribution in [0.3, 0.4) is 0 Å². The molecule has 1 saturated carbocycles. The first kappa shape index (κ1) is 27.3. The Kier molecular flexibility index (Phi) is 6.40. The van der Waals surface area contributed by atoms with Crippen LogP contribution in [0.2, 0.25) is 0 Å². The second-order valence-corrected chi connectivity index (χ2v) is 11.4. The number of benzene rings is 1. The lowest BCUT2D eigenvalue weighted by atomic mass is 9.57. The molecule has 0 saturated heterocycles. The number of nitrogens with zero attached hydrogens (tertiary/aromatic N) is 2. The minimum Gasteiger partial charge on any atom is -0.508 e. The Balaban J connectivity index is 1.69. The number of carbonyl (C=O) groups excluding carboxylic acids is 3. The van der Waals surface area contributed by atoms with Crippen molar-refractivity contribution in [1.29, 1.82) is 0 Å². The molecule has 39 heavy (non-hydrogen) atoms. The van der Waals surface area contributed by atoms with E-state index in [1.54, 1.807) is 0 Å². The average molecular weight is 544 g/mol. The molecule has 1 aliphatic heterocycles. The Morgan fingerprint density at radius 2 is 1.87 bits per heavy atom. The Morgan fingerprint density at radius 1 is 1.21 bits per heavy atom. The zero-order chi connectivity index (χ0) is 28.7. The van der Waals surface area contributed by atoms with E-state index in [-0.39, 0.29) is 41.3 Å². The Hall–Kier alpha value is -3.28.